The second-order valence-corrected chi connectivity index (χ2v) is 8.42. The van der Waals surface area contributed by atoms with E-state index in [0.29, 0.717) is 27.0 Å². The Balaban J connectivity index is 1.60. The van der Waals surface area contributed by atoms with Gasteiger partial charge in [0, 0.05) is 35.6 Å². The number of carbonyl (C=O) groups excluding carboxylic acids is 1. The van der Waals surface area contributed by atoms with Crippen LogP contribution in [0, 0.1) is 23.0 Å². The molecule has 28 heavy (non-hydrogen) atoms. The highest BCUT2D eigenvalue weighted by Gasteiger charge is 2.25. The van der Waals surface area contributed by atoms with Gasteiger partial charge < -0.3 is 5.32 Å². The van der Waals surface area contributed by atoms with Gasteiger partial charge in [0.05, 0.1) is 10.6 Å². The van der Waals surface area contributed by atoms with E-state index in [1.807, 2.05) is 17.5 Å². The van der Waals surface area contributed by atoms with Crippen molar-refractivity contribution in [1.82, 2.24) is 14.7 Å². The normalized spacial score (nSPS) is 19.6. The maximum absolute atomic E-state index is 12.8. The maximum atomic E-state index is 12.8. The van der Waals surface area contributed by atoms with E-state index >= 15 is 0 Å². The van der Waals surface area contributed by atoms with Gasteiger partial charge in [0.1, 0.15) is 4.88 Å². The van der Waals surface area contributed by atoms with Crippen LogP contribution in [0.4, 0.5) is 5.69 Å². The molecular formula is C20H22N4O3S. The predicted molar refractivity (Wildman–Crippen MR) is 109 cm³/mol. The zero-order valence-corrected chi connectivity index (χ0v) is 16.7. The van der Waals surface area contributed by atoms with Gasteiger partial charge in [0.25, 0.3) is 11.6 Å². The Hall–Kier alpha value is -2.74. The van der Waals surface area contributed by atoms with Gasteiger partial charge in [0.15, 0.2) is 4.96 Å². The number of nitro benzene ring substituents is 1. The first-order valence-electron chi connectivity index (χ1n) is 9.48. The van der Waals surface area contributed by atoms with Crippen molar-refractivity contribution >= 4 is 27.9 Å². The van der Waals surface area contributed by atoms with Crippen molar-refractivity contribution < 1.29 is 9.72 Å². The molecule has 4 rings (SSSR count). The highest BCUT2D eigenvalue weighted by Crippen LogP contribution is 2.30. The molecule has 1 aliphatic rings. The van der Waals surface area contributed by atoms with Crippen LogP contribution in [0.25, 0.3) is 16.2 Å². The third-order valence-corrected chi connectivity index (χ3v) is 6.70. The third kappa shape index (κ3) is 3.40. The summed E-state index contributed by atoms with van der Waals surface area (Å²) in [6, 6.07) is 6.66. The Morgan fingerprint density at radius 3 is 2.86 bits per heavy atom. The number of non-ortho nitro benzene ring substituents is 1. The zero-order valence-electron chi connectivity index (χ0n) is 15.8. The number of amides is 1. The molecule has 3 aromatic rings. The fourth-order valence-electron chi connectivity index (χ4n) is 3.84. The lowest BCUT2D eigenvalue weighted by molar-refractivity contribution is -0.384. The Morgan fingerprint density at radius 2 is 2.14 bits per heavy atom. The van der Waals surface area contributed by atoms with Crippen LogP contribution in [-0.2, 0) is 0 Å². The average Bonchev–Trinajstić information content (AvgIpc) is 3.23. The first kappa shape index (κ1) is 18.6. The zero-order chi connectivity index (χ0) is 19.8. The molecule has 7 nitrogen and oxygen atoms in total. The van der Waals surface area contributed by atoms with Crippen LogP contribution in [0.1, 0.15) is 48.0 Å². The number of thiazole rings is 1. The first-order chi connectivity index (χ1) is 13.4. The van der Waals surface area contributed by atoms with Crippen LogP contribution in [-0.4, -0.2) is 26.3 Å². The molecule has 2 aromatic heterocycles. The molecule has 1 amide bonds. The van der Waals surface area contributed by atoms with Gasteiger partial charge in [-0.25, -0.2) is 4.98 Å². The lowest BCUT2D eigenvalue weighted by Crippen LogP contribution is -2.41. The van der Waals surface area contributed by atoms with Gasteiger partial charge in [-0.3, -0.25) is 19.3 Å². The minimum absolute atomic E-state index is 0.0345. The number of aromatic nitrogens is 2. The molecule has 0 spiro atoms. The number of imidazole rings is 1. The number of nitrogens with one attached hydrogen (secondary N) is 1. The number of aryl methyl sites for hydroxylation is 1. The molecule has 2 unspecified atom stereocenters. The minimum Gasteiger partial charge on any atom is -0.348 e. The van der Waals surface area contributed by atoms with Crippen LogP contribution in [0.2, 0.25) is 0 Å². The predicted octanol–water partition coefficient (Wildman–Crippen LogP) is 4.59. The van der Waals surface area contributed by atoms with Crippen LogP contribution < -0.4 is 5.32 Å². The van der Waals surface area contributed by atoms with E-state index in [4.69, 9.17) is 0 Å². The van der Waals surface area contributed by atoms with Crippen LogP contribution in [0.5, 0.6) is 0 Å². The summed E-state index contributed by atoms with van der Waals surface area (Å²) in [5.74, 6) is 0.464. The SMILES string of the molecule is Cc1c(C(=O)NC2CCCCC2C)sc2nc(-c3cccc([N+](=O)[O-])c3)cn12. The largest absolute Gasteiger partial charge is 0.348 e. The van der Waals surface area contributed by atoms with E-state index < -0.39 is 4.92 Å². The third-order valence-electron chi connectivity index (χ3n) is 5.54. The summed E-state index contributed by atoms with van der Waals surface area (Å²) < 4.78 is 1.89. The second-order valence-electron chi connectivity index (χ2n) is 7.44. The molecule has 0 saturated heterocycles. The van der Waals surface area contributed by atoms with E-state index in [0.717, 1.165) is 25.0 Å². The number of hydrogen-bond donors (Lipinski definition) is 1. The summed E-state index contributed by atoms with van der Waals surface area (Å²) >= 11 is 1.35. The lowest BCUT2D eigenvalue weighted by Gasteiger charge is -2.29. The molecular weight excluding hydrogens is 376 g/mol. The van der Waals surface area contributed by atoms with Crippen molar-refractivity contribution in [3.05, 3.63) is 51.1 Å². The molecule has 2 atom stereocenters. The average molecular weight is 398 g/mol. The van der Waals surface area contributed by atoms with Gasteiger partial charge in [-0.05, 0) is 25.7 Å². The smallest absolute Gasteiger partial charge is 0.270 e. The molecule has 1 saturated carbocycles. The summed E-state index contributed by atoms with van der Waals surface area (Å²) in [6.07, 6.45) is 6.42. The lowest BCUT2D eigenvalue weighted by atomic mass is 9.86. The van der Waals surface area contributed by atoms with Crippen LogP contribution in [0.3, 0.4) is 0 Å². The summed E-state index contributed by atoms with van der Waals surface area (Å²) in [5.41, 5.74) is 2.22. The quantitative estimate of drug-likeness (QED) is 0.514. The minimum atomic E-state index is -0.415. The molecule has 0 bridgehead atoms. The molecule has 0 radical (unpaired) electrons. The van der Waals surface area contributed by atoms with E-state index in [1.165, 1.54) is 29.9 Å². The summed E-state index contributed by atoms with van der Waals surface area (Å²) in [6.45, 7) is 4.10. The Kier molecular flexibility index (Phi) is 4.89. The van der Waals surface area contributed by atoms with Gasteiger partial charge >= 0.3 is 0 Å². The number of carbonyl (C=O) groups is 1. The summed E-state index contributed by atoms with van der Waals surface area (Å²) in [5, 5.41) is 14.2. The molecule has 1 aliphatic carbocycles. The number of hydrogen-bond acceptors (Lipinski definition) is 5. The number of nitrogens with zero attached hydrogens (tertiary/aromatic N) is 3. The van der Waals surface area contributed by atoms with Gasteiger partial charge in [-0.15, -0.1) is 0 Å². The molecule has 8 heteroatoms. The summed E-state index contributed by atoms with van der Waals surface area (Å²) in [4.78, 5) is 29.4. The highest BCUT2D eigenvalue weighted by molar-refractivity contribution is 7.19. The number of nitro groups is 1. The maximum Gasteiger partial charge on any atom is 0.270 e. The fraction of sp³-hybridized carbons (Fsp3) is 0.400. The van der Waals surface area contributed by atoms with Crippen molar-refractivity contribution in [2.24, 2.45) is 5.92 Å². The number of benzene rings is 1. The number of fused-ring (bicyclic) bond motifs is 1. The van der Waals surface area contributed by atoms with E-state index in [1.54, 1.807) is 12.1 Å². The Labute approximate surface area is 166 Å². The van der Waals surface area contributed by atoms with Gasteiger partial charge in [0.2, 0.25) is 0 Å². The Bertz CT molecular complexity index is 1060. The molecule has 2 heterocycles. The van der Waals surface area contributed by atoms with E-state index in [-0.39, 0.29) is 17.6 Å². The first-order valence-corrected chi connectivity index (χ1v) is 10.3. The fourth-order valence-corrected chi connectivity index (χ4v) is 4.86. The second kappa shape index (κ2) is 7.35. The van der Waals surface area contributed by atoms with Gasteiger partial charge in [-0.1, -0.05) is 43.2 Å². The highest BCUT2D eigenvalue weighted by atomic mass is 32.1. The molecule has 1 aromatic carbocycles. The van der Waals surface area contributed by atoms with Gasteiger partial charge in [-0.2, -0.15) is 0 Å². The van der Waals surface area contributed by atoms with E-state index in [9.17, 15) is 14.9 Å². The monoisotopic (exact) mass is 398 g/mol. The van der Waals surface area contributed by atoms with Crippen LogP contribution >= 0.6 is 11.3 Å². The standard InChI is InChI=1S/C20H22N4O3S/c1-12-6-3-4-9-16(12)21-19(25)18-13(2)23-11-17(22-20(23)28-18)14-7-5-8-15(10-14)24(26)27/h5,7-8,10-12,16H,3-4,6,9H2,1-2H3,(H,21,25). The van der Waals surface area contributed by atoms with Crippen molar-refractivity contribution in [3.8, 4) is 11.3 Å². The summed E-state index contributed by atoms with van der Waals surface area (Å²) in [7, 11) is 0. The molecule has 146 valence electrons. The Morgan fingerprint density at radius 1 is 1.36 bits per heavy atom. The van der Waals surface area contributed by atoms with Crippen LogP contribution in [0.15, 0.2) is 30.5 Å². The van der Waals surface area contributed by atoms with Crippen molar-refractivity contribution in [3.63, 3.8) is 0 Å². The van der Waals surface area contributed by atoms with Crippen molar-refractivity contribution in [2.75, 3.05) is 0 Å². The molecule has 1 fully saturated rings. The van der Waals surface area contributed by atoms with Crippen molar-refractivity contribution in [2.45, 2.75) is 45.6 Å². The number of rotatable bonds is 4. The molecule has 1 N–H and O–H groups in total. The topological polar surface area (TPSA) is 89.5 Å². The molecule has 0 aliphatic heterocycles. The van der Waals surface area contributed by atoms with E-state index in [2.05, 4.69) is 17.2 Å². The van der Waals surface area contributed by atoms with Crippen molar-refractivity contribution in [1.29, 1.82) is 0 Å².